The van der Waals surface area contributed by atoms with Crippen molar-refractivity contribution in [1.29, 1.82) is 0 Å². The molecule has 152 valence electrons. The van der Waals surface area contributed by atoms with Gasteiger partial charge >= 0.3 is 0 Å². The van der Waals surface area contributed by atoms with Crippen LogP contribution in [0.2, 0.25) is 0 Å². The highest BCUT2D eigenvalue weighted by molar-refractivity contribution is 5.76. The molecule has 2 aromatic carbocycles. The average molecular weight is 397 g/mol. The summed E-state index contributed by atoms with van der Waals surface area (Å²) in [6.07, 6.45) is 6.00. The molecule has 4 aromatic rings. The lowest BCUT2D eigenvalue weighted by molar-refractivity contribution is 0.152. The van der Waals surface area contributed by atoms with Crippen LogP contribution in [0, 0.1) is 6.92 Å². The first kappa shape index (κ1) is 19.0. The van der Waals surface area contributed by atoms with Crippen molar-refractivity contribution in [2.24, 2.45) is 0 Å². The van der Waals surface area contributed by atoms with Gasteiger partial charge in [0.05, 0.1) is 0 Å². The van der Waals surface area contributed by atoms with Crippen molar-refractivity contribution in [2.75, 3.05) is 6.54 Å². The Hall–Kier alpha value is -2.98. The fourth-order valence-corrected chi connectivity index (χ4v) is 4.57. The monoisotopic (exact) mass is 396 g/mol. The van der Waals surface area contributed by atoms with E-state index in [2.05, 4.69) is 79.4 Å². The second kappa shape index (κ2) is 8.04. The van der Waals surface area contributed by atoms with E-state index >= 15 is 0 Å². The lowest BCUT2D eigenvalue weighted by Crippen LogP contribution is -2.36. The molecule has 1 fully saturated rings. The van der Waals surface area contributed by atoms with Crippen LogP contribution in [0.1, 0.15) is 37.3 Å². The summed E-state index contributed by atoms with van der Waals surface area (Å²) in [5.41, 5.74) is 6.97. The lowest BCUT2D eigenvalue weighted by atomic mass is 9.96. The molecule has 0 radical (unpaired) electrons. The number of benzene rings is 2. The predicted molar refractivity (Wildman–Crippen MR) is 122 cm³/mol. The first-order chi connectivity index (χ1) is 14.7. The van der Waals surface area contributed by atoms with Gasteiger partial charge in [0, 0.05) is 24.3 Å². The highest BCUT2D eigenvalue weighted by atomic mass is 15.3. The summed E-state index contributed by atoms with van der Waals surface area (Å²) < 4.78 is 1.90. The second-order valence-electron chi connectivity index (χ2n) is 8.43. The van der Waals surface area contributed by atoms with Gasteiger partial charge in [-0.25, -0.2) is 9.50 Å². The molecule has 0 N–H and O–H groups in total. The normalized spacial score (nSPS) is 17.5. The minimum absolute atomic E-state index is 0.659. The lowest BCUT2D eigenvalue weighted by Gasteiger charge is -2.33. The zero-order chi connectivity index (χ0) is 20.5. The van der Waals surface area contributed by atoms with Gasteiger partial charge in [0.25, 0.3) is 0 Å². The topological polar surface area (TPSA) is 33.4 Å². The first-order valence-electron chi connectivity index (χ1n) is 10.9. The molecule has 4 nitrogen and oxygen atoms in total. The SMILES string of the molecule is Cc1c(-c2ccccc2)cccc1-c1nc2cc(CN3CCCC[C@H]3C)ccn2n1. The Morgan fingerprint density at radius 1 is 0.967 bits per heavy atom. The summed E-state index contributed by atoms with van der Waals surface area (Å²) in [7, 11) is 0. The summed E-state index contributed by atoms with van der Waals surface area (Å²) >= 11 is 0. The molecule has 4 heteroatoms. The Labute approximate surface area is 178 Å². The number of fused-ring (bicyclic) bond motifs is 1. The van der Waals surface area contributed by atoms with E-state index in [0.29, 0.717) is 6.04 Å². The molecule has 5 rings (SSSR count). The molecule has 1 saturated heterocycles. The van der Waals surface area contributed by atoms with Crippen molar-refractivity contribution in [3.63, 3.8) is 0 Å². The number of hydrogen-bond donors (Lipinski definition) is 0. The smallest absolute Gasteiger partial charge is 0.182 e. The Balaban J connectivity index is 1.47. The minimum Gasteiger partial charge on any atom is -0.296 e. The van der Waals surface area contributed by atoms with Crippen LogP contribution in [0.4, 0.5) is 0 Å². The summed E-state index contributed by atoms with van der Waals surface area (Å²) in [4.78, 5) is 7.47. The zero-order valence-electron chi connectivity index (χ0n) is 17.8. The van der Waals surface area contributed by atoms with E-state index in [9.17, 15) is 0 Å². The van der Waals surface area contributed by atoms with Crippen LogP contribution in [0.25, 0.3) is 28.2 Å². The van der Waals surface area contributed by atoms with Gasteiger partial charge in [-0.05, 0) is 67.6 Å². The van der Waals surface area contributed by atoms with E-state index in [1.807, 2.05) is 10.7 Å². The third kappa shape index (κ3) is 3.63. The largest absolute Gasteiger partial charge is 0.296 e. The highest BCUT2D eigenvalue weighted by Crippen LogP contribution is 2.30. The van der Waals surface area contributed by atoms with Gasteiger partial charge < -0.3 is 0 Å². The molecule has 2 aromatic heterocycles. The zero-order valence-corrected chi connectivity index (χ0v) is 17.8. The molecule has 0 aliphatic carbocycles. The standard InChI is InChI=1S/C26H28N4/c1-19-9-6-7-15-29(19)18-21-14-16-30-25(17-21)27-26(28-30)24-13-8-12-23(20(24)2)22-10-4-3-5-11-22/h3-5,8,10-14,16-17,19H,6-7,9,15,18H2,1-2H3/t19-/m1/s1. The molecule has 30 heavy (non-hydrogen) atoms. The molecule has 3 heterocycles. The Morgan fingerprint density at radius 3 is 2.63 bits per heavy atom. The van der Waals surface area contributed by atoms with E-state index in [1.165, 1.54) is 48.1 Å². The molecule has 1 aliphatic rings. The van der Waals surface area contributed by atoms with Crippen LogP contribution < -0.4 is 0 Å². The van der Waals surface area contributed by atoms with Crippen LogP contribution in [-0.4, -0.2) is 32.1 Å². The average Bonchev–Trinajstić information content (AvgIpc) is 3.19. The maximum atomic E-state index is 4.88. The van der Waals surface area contributed by atoms with Crippen LogP contribution in [0.5, 0.6) is 0 Å². The third-order valence-electron chi connectivity index (χ3n) is 6.39. The quantitative estimate of drug-likeness (QED) is 0.441. The van der Waals surface area contributed by atoms with E-state index in [1.54, 1.807) is 0 Å². The molecule has 1 atom stereocenters. The second-order valence-corrected chi connectivity index (χ2v) is 8.43. The summed E-state index contributed by atoms with van der Waals surface area (Å²) in [6.45, 7) is 6.68. The van der Waals surface area contributed by atoms with Gasteiger partial charge in [0.1, 0.15) is 0 Å². The van der Waals surface area contributed by atoms with Crippen molar-refractivity contribution in [1.82, 2.24) is 19.5 Å². The van der Waals surface area contributed by atoms with Crippen LogP contribution in [0.3, 0.4) is 0 Å². The number of pyridine rings is 1. The van der Waals surface area contributed by atoms with Crippen molar-refractivity contribution >= 4 is 5.65 Å². The Bertz CT molecular complexity index is 1160. The number of piperidine rings is 1. The van der Waals surface area contributed by atoms with Crippen LogP contribution >= 0.6 is 0 Å². The predicted octanol–water partition coefficient (Wildman–Crippen LogP) is 5.75. The van der Waals surface area contributed by atoms with Gasteiger partial charge in [0.15, 0.2) is 11.5 Å². The molecular weight excluding hydrogens is 368 g/mol. The molecule has 0 unspecified atom stereocenters. The number of aromatic nitrogens is 3. The number of nitrogens with zero attached hydrogens (tertiary/aromatic N) is 4. The van der Waals surface area contributed by atoms with Crippen molar-refractivity contribution < 1.29 is 0 Å². The highest BCUT2D eigenvalue weighted by Gasteiger charge is 2.19. The number of likely N-dealkylation sites (tertiary alicyclic amines) is 1. The van der Waals surface area contributed by atoms with Crippen molar-refractivity contribution in [3.05, 3.63) is 78.0 Å². The molecule has 0 spiro atoms. The summed E-state index contributed by atoms with van der Waals surface area (Å²) in [5, 5.41) is 4.77. The minimum atomic E-state index is 0.659. The van der Waals surface area contributed by atoms with Gasteiger partial charge in [-0.15, -0.1) is 5.10 Å². The van der Waals surface area contributed by atoms with Gasteiger partial charge in [0.2, 0.25) is 0 Å². The molecule has 0 bridgehead atoms. The van der Waals surface area contributed by atoms with Gasteiger partial charge in [-0.2, -0.15) is 0 Å². The number of hydrogen-bond acceptors (Lipinski definition) is 3. The fourth-order valence-electron chi connectivity index (χ4n) is 4.57. The first-order valence-corrected chi connectivity index (χ1v) is 10.9. The van der Waals surface area contributed by atoms with E-state index in [4.69, 9.17) is 10.1 Å². The molecular formula is C26H28N4. The van der Waals surface area contributed by atoms with Gasteiger partial charge in [-0.1, -0.05) is 55.0 Å². The maximum absolute atomic E-state index is 4.88. The molecule has 1 aliphatic heterocycles. The van der Waals surface area contributed by atoms with E-state index in [0.717, 1.165) is 23.6 Å². The third-order valence-corrected chi connectivity index (χ3v) is 6.39. The van der Waals surface area contributed by atoms with Crippen LogP contribution in [0.15, 0.2) is 66.9 Å². The summed E-state index contributed by atoms with van der Waals surface area (Å²) in [5.74, 6) is 0.786. The fraction of sp³-hybridized carbons (Fsp3) is 0.308. The molecule has 0 saturated carbocycles. The van der Waals surface area contributed by atoms with Crippen molar-refractivity contribution in [3.8, 4) is 22.5 Å². The van der Waals surface area contributed by atoms with Crippen molar-refractivity contribution in [2.45, 2.75) is 45.7 Å². The van der Waals surface area contributed by atoms with Crippen LogP contribution in [-0.2, 0) is 6.54 Å². The van der Waals surface area contributed by atoms with Gasteiger partial charge in [-0.3, -0.25) is 4.90 Å². The molecule has 0 amide bonds. The number of rotatable bonds is 4. The van der Waals surface area contributed by atoms with E-state index in [-0.39, 0.29) is 0 Å². The Kier molecular flexibility index (Phi) is 5.09. The Morgan fingerprint density at radius 2 is 1.80 bits per heavy atom. The maximum Gasteiger partial charge on any atom is 0.182 e. The summed E-state index contributed by atoms with van der Waals surface area (Å²) in [6, 6.07) is 21.9. The van der Waals surface area contributed by atoms with E-state index < -0.39 is 0 Å².